The van der Waals surface area contributed by atoms with Crippen LogP contribution in [0.15, 0.2) is 83.3 Å². The van der Waals surface area contributed by atoms with Crippen molar-refractivity contribution in [1.29, 1.82) is 0 Å². The van der Waals surface area contributed by atoms with Crippen LogP contribution in [-0.4, -0.2) is 13.0 Å². The molecule has 0 heterocycles. The number of benzene rings is 3. The molecule has 0 saturated heterocycles. The molecule has 0 aliphatic heterocycles. The largest absolute Gasteiger partial charge is 0.496 e. The van der Waals surface area contributed by atoms with Crippen molar-refractivity contribution >= 4 is 33.6 Å². The van der Waals surface area contributed by atoms with Gasteiger partial charge in [0, 0.05) is 11.8 Å². The van der Waals surface area contributed by atoms with Gasteiger partial charge in [0.1, 0.15) is 18.1 Å². The van der Waals surface area contributed by atoms with E-state index in [0.717, 1.165) is 27.1 Å². The minimum Gasteiger partial charge on any atom is -0.496 e. The number of ether oxygens (including phenoxy) is 2. The van der Waals surface area contributed by atoms with Gasteiger partial charge in [0.2, 0.25) is 5.91 Å². The maximum absolute atomic E-state index is 12.1. The van der Waals surface area contributed by atoms with Crippen molar-refractivity contribution in [3.05, 3.63) is 94.5 Å². The summed E-state index contributed by atoms with van der Waals surface area (Å²) in [4.78, 5) is 12.1. The lowest BCUT2D eigenvalue weighted by Crippen LogP contribution is -2.07. The molecule has 3 aromatic carbocycles. The van der Waals surface area contributed by atoms with Gasteiger partial charge in [0.25, 0.3) is 0 Å². The van der Waals surface area contributed by atoms with Gasteiger partial charge in [-0.2, -0.15) is 0 Å². The Bertz CT molecular complexity index is 953. The number of rotatable bonds is 7. The predicted molar refractivity (Wildman–Crippen MR) is 116 cm³/mol. The van der Waals surface area contributed by atoms with Crippen molar-refractivity contribution in [2.75, 3.05) is 12.4 Å². The first-order valence-electron chi connectivity index (χ1n) is 8.73. The van der Waals surface area contributed by atoms with Gasteiger partial charge in [-0.15, -0.1) is 0 Å². The van der Waals surface area contributed by atoms with Gasteiger partial charge in [-0.25, -0.2) is 0 Å². The molecule has 5 heteroatoms. The van der Waals surface area contributed by atoms with Crippen LogP contribution in [-0.2, 0) is 11.4 Å². The van der Waals surface area contributed by atoms with Gasteiger partial charge in [-0.1, -0.05) is 36.4 Å². The number of carbonyl (C=O) groups is 1. The summed E-state index contributed by atoms with van der Waals surface area (Å²) in [5.41, 5.74) is 2.71. The monoisotopic (exact) mass is 437 g/mol. The molecule has 0 saturated carbocycles. The molecule has 4 nitrogen and oxygen atoms in total. The van der Waals surface area contributed by atoms with Gasteiger partial charge in [-0.3, -0.25) is 4.79 Å². The van der Waals surface area contributed by atoms with E-state index in [1.807, 2.05) is 72.8 Å². The summed E-state index contributed by atoms with van der Waals surface area (Å²) < 4.78 is 11.8. The Morgan fingerprint density at radius 2 is 1.79 bits per heavy atom. The maximum Gasteiger partial charge on any atom is 0.248 e. The fraction of sp³-hybridized carbons (Fsp3) is 0.0870. The molecule has 1 N–H and O–H groups in total. The lowest BCUT2D eigenvalue weighted by atomic mass is 10.2. The van der Waals surface area contributed by atoms with Crippen LogP contribution in [0.2, 0.25) is 0 Å². The van der Waals surface area contributed by atoms with Crippen molar-refractivity contribution in [2.45, 2.75) is 6.61 Å². The highest BCUT2D eigenvalue weighted by Gasteiger charge is 2.02. The van der Waals surface area contributed by atoms with Gasteiger partial charge in [0.05, 0.1) is 11.6 Å². The van der Waals surface area contributed by atoms with E-state index in [0.29, 0.717) is 12.3 Å². The van der Waals surface area contributed by atoms with E-state index < -0.39 is 0 Å². The standard InChI is InChI=1S/C23H20BrNO3/c1-27-22-13-7-17(15-21(22)24)8-14-23(26)25-19-9-11-20(12-10-19)28-16-18-5-3-2-4-6-18/h2-15H,16H2,1H3,(H,25,26). The summed E-state index contributed by atoms with van der Waals surface area (Å²) in [5, 5.41) is 2.83. The number of amides is 1. The van der Waals surface area contributed by atoms with Gasteiger partial charge >= 0.3 is 0 Å². The van der Waals surface area contributed by atoms with Crippen LogP contribution < -0.4 is 14.8 Å². The normalized spacial score (nSPS) is 10.6. The highest BCUT2D eigenvalue weighted by Crippen LogP contribution is 2.26. The molecule has 0 radical (unpaired) electrons. The Morgan fingerprint density at radius 3 is 2.46 bits per heavy atom. The summed E-state index contributed by atoms with van der Waals surface area (Å²) in [6.07, 6.45) is 3.24. The summed E-state index contributed by atoms with van der Waals surface area (Å²) in [7, 11) is 1.61. The number of hydrogen-bond donors (Lipinski definition) is 1. The smallest absolute Gasteiger partial charge is 0.248 e. The summed E-state index contributed by atoms with van der Waals surface area (Å²) in [6, 6.07) is 22.9. The molecule has 0 atom stereocenters. The zero-order valence-corrected chi connectivity index (χ0v) is 17.0. The Hall–Kier alpha value is -3.05. The Kier molecular flexibility index (Phi) is 6.87. The number of carbonyl (C=O) groups excluding carboxylic acids is 1. The third kappa shape index (κ3) is 5.72. The topological polar surface area (TPSA) is 47.6 Å². The zero-order chi connectivity index (χ0) is 19.8. The van der Waals surface area contributed by atoms with Crippen molar-refractivity contribution in [2.24, 2.45) is 0 Å². The molecule has 3 aromatic rings. The van der Waals surface area contributed by atoms with Crippen LogP contribution in [0, 0.1) is 0 Å². The number of hydrogen-bond acceptors (Lipinski definition) is 3. The van der Waals surface area contributed by atoms with E-state index in [9.17, 15) is 4.79 Å². The van der Waals surface area contributed by atoms with E-state index in [1.54, 1.807) is 13.2 Å². The molecule has 3 rings (SSSR count). The fourth-order valence-electron chi connectivity index (χ4n) is 2.52. The van der Waals surface area contributed by atoms with Crippen molar-refractivity contribution < 1.29 is 14.3 Å². The molecule has 0 aliphatic carbocycles. The number of halogens is 1. The Labute approximate surface area is 172 Å². The van der Waals surface area contributed by atoms with Crippen LogP contribution in [0.4, 0.5) is 5.69 Å². The van der Waals surface area contributed by atoms with E-state index in [4.69, 9.17) is 9.47 Å². The number of methoxy groups -OCH3 is 1. The molecule has 28 heavy (non-hydrogen) atoms. The zero-order valence-electron chi connectivity index (χ0n) is 15.4. The van der Waals surface area contributed by atoms with Gasteiger partial charge < -0.3 is 14.8 Å². The van der Waals surface area contributed by atoms with Crippen LogP contribution in [0.5, 0.6) is 11.5 Å². The van der Waals surface area contributed by atoms with E-state index in [-0.39, 0.29) is 5.91 Å². The molecular weight excluding hydrogens is 418 g/mol. The molecule has 0 bridgehead atoms. The summed E-state index contributed by atoms with van der Waals surface area (Å²) in [5.74, 6) is 1.29. The van der Waals surface area contributed by atoms with Crippen LogP contribution >= 0.6 is 15.9 Å². The van der Waals surface area contributed by atoms with Gasteiger partial charge in [-0.05, 0) is 69.5 Å². The quantitative estimate of drug-likeness (QED) is 0.483. The minimum atomic E-state index is -0.204. The molecule has 142 valence electrons. The third-order valence-corrected chi connectivity index (χ3v) is 4.59. The second kappa shape index (κ2) is 9.76. The molecule has 0 aromatic heterocycles. The van der Waals surface area contributed by atoms with Crippen molar-refractivity contribution in [1.82, 2.24) is 0 Å². The number of nitrogens with one attached hydrogen (secondary N) is 1. The molecule has 0 unspecified atom stereocenters. The molecule has 0 aliphatic rings. The van der Waals surface area contributed by atoms with E-state index >= 15 is 0 Å². The minimum absolute atomic E-state index is 0.204. The average molecular weight is 438 g/mol. The Morgan fingerprint density at radius 1 is 1.04 bits per heavy atom. The highest BCUT2D eigenvalue weighted by atomic mass is 79.9. The highest BCUT2D eigenvalue weighted by molar-refractivity contribution is 9.10. The maximum atomic E-state index is 12.1. The lowest BCUT2D eigenvalue weighted by molar-refractivity contribution is -0.111. The lowest BCUT2D eigenvalue weighted by Gasteiger charge is -2.08. The Balaban J connectivity index is 1.53. The van der Waals surface area contributed by atoms with Crippen molar-refractivity contribution in [3.8, 4) is 11.5 Å². The van der Waals surface area contributed by atoms with Crippen LogP contribution in [0.25, 0.3) is 6.08 Å². The second-order valence-electron chi connectivity index (χ2n) is 6.02. The molecular formula is C23H20BrNO3. The van der Waals surface area contributed by atoms with Gasteiger partial charge in [0.15, 0.2) is 0 Å². The predicted octanol–water partition coefficient (Wildman–Crippen LogP) is 5.69. The van der Waals surface area contributed by atoms with E-state index in [1.165, 1.54) is 6.08 Å². The average Bonchev–Trinajstić information content (AvgIpc) is 2.72. The summed E-state index contributed by atoms with van der Waals surface area (Å²) >= 11 is 3.43. The molecule has 0 spiro atoms. The SMILES string of the molecule is COc1ccc(C=CC(=O)Nc2ccc(OCc3ccccc3)cc2)cc1Br. The first-order valence-corrected chi connectivity index (χ1v) is 9.53. The molecule has 1 amide bonds. The van der Waals surface area contributed by atoms with Crippen LogP contribution in [0.1, 0.15) is 11.1 Å². The fourth-order valence-corrected chi connectivity index (χ4v) is 3.08. The first-order chi connectivity index (χ1) is 13.6. The number of anilines is 1. The molecule has 0 fully saturated rings. The summed E-state index contributed by atoms with van der Waals surface area (Å²) in [6.45, 7) is 0.507. The first kappa shape index (κ1) is 19.7. The van der Waals surface area contributed by atoms with Crippen LogP contribution in [0.3, 0.4) is 0 Å². The van der Waals surface area contributed by atoms with E-state index in [2.05, 4.69) is 21.2 Å². The third-order valence-electron chi connectivity index (χ3n) is 3.97. The van der Waals surface area contributed by atoms with Crippen molar-refractivity contribution in [3.63, 3.8) is 0 Å². The second-order valence-corrected chi connectivity index (χ2v) is 6.87.